The van der Waals surface area contributed by atoms with E-state index in [0.717, 1.165) is 32.8 Å². The van der Waals surface area contributed by atoms with E-state index in [0.29, 0.717) is 20.3 Å². The molecule has 1 aliphatic heterocycles. The van der Waals surface area contributed by atoms with E-state index in [1.54, 1.807) is 24.3 Å². The lowest BCUT2D eigenvalue weighted by molar-refractivity contribution is -0.384. The van der Waals surface area contributed by atoms with Crippen LogP contribution in [0.2, 0.25) is 0 Å². The summed E-state index contributed by atoms with van der Waals surface area (Å²) >= 11 is 7.07. The number of carbonyl (C=O) groups excluding carboxylic acids is 2. The van der Waals surface area contributed by atoms with Crippen LogP contribution in [0.25, 0.3) is 0 Å². The van der Waals surface area contributed by atoms with E-state index < -0.39 is 16.8 Å². The van der Waals surface area contributed by atoms with Crippen molar-refractivity contribution in [1.82, 2.24) is 5.01 Å². The normalized spacial score (nSPS) is 21.8. The summed E-state index contributed by atoms with van der Waals surface area (Å²) in [4.78, 5) is 38.0. The summed E-state index contributed by atoms with van der Waals surface area (Å²) < 4.78 is 7.22. The number of hydrazone groups is 1. The average molecular weight is 687 g/mol. The Hall–Kier alpha value is -4.15. The maximum Gasteiger partial charge on any atom is 0.269 e. The summed E-state index contributed by atoms with van der Waals surface area (Å²) in [6.45, 7) is 0.204. The van der Waals surface area contributed by atoms with Gasteiger partial charge in [0.2, 0.25) is 0 Å². The highest BCUT2D eigenvalue weighted by Gasteiger charge is 2.61. The van der Waals surface area contributed by atoms with Crippen molar-refractivity contribution >= 4 is 55.6 Å². The Morgan fingerprint density at radius 3 is 1.74 bits per heavy atom. The van der Waals surface area contributed by atoms with Gasteiger partial charge < -0.3 is 4.74 Å². The Morgan fingerprint density at radius 2 is 1.29 bits per heavy atom. The first-order valence-corrected chi connectivity index (χ1v) is 14.9. The number of rotatable bonds is 6. The molecule has 8 nitrogen and oxygen atoms in total. The molecule has 2 atom stereocenters. The highest BCUT2D eigenvalue weighted by Crippen LogP contribution is 2.61. The number of amides is 2. The molecule has 0 unspecified atom stereocenters. The standard InChI is InChI=1S/C32H21Br2N3O5/c33-24-13-18(14-25(34)30(24)42-16-17-9-11-19(12-10-17)37(40)41)15-35-36-31(38)28-26-20-5-1-2-6-21(20)27(29(28)32(36)39)23-8-4-3-7-22(23)26/h1-15,26-29H,16H2/b35-15-/t26?,27?,28-,29-/m0/s1. The van der Waals surface area contributed by atoms with E-state index in [1.165, 1.54) is 18.3 Å². The molecule has 42 heavy (non-hydrogen) atoms. The van der Waals surface area contributed by atoms with Crippen molar-refractivity contribution in [2.24, 2.45) is 16.9 Å². The van der Waals surface area contributed by atoms with Gasteiger partial charge in [-0.05, 0) is 89.5 Å². The highest BCUT2D eigenvalue weighted by atomic mass is 79.9. The molecule has 208 valence electrons. The summed E-state index contributed by atoms with van der Waals surface area (Å²) in [5.74, 6) is -1.35. The Kier molecular flexibility index (Phi) is 6.55. The van der Waals surface area contributed by atoms with Crippen molar-refractivity contribution in [3.05, 3.63) is 137 Å². The SMILES string of the molecule is O=C1[C@H]2C3c4ccccc4C(c4ccccc43)[C@@H]2C(=O)N1/N=C\c1cc(Br)c(OCc2ccc([N+](=O)[O-])cc2)c(Br)c1. The zero-order valence-electron chi connectivity index (χ0n) is 21.8. The van der Waals surface area contributed by atoms with Crippen LogP contribution in [-0.2, 0) is 16.2 Å². The molecule has 0 N–H and O–H groups in total. The molecular formula is C32H21Br2N3O5. The monoisotopic (exact) mass is 685 g/mol. The fraction of sp³-hybridized carbons (Fsp3) is 0.156. The second-order valence-corrected chi connectivity index (χ2v) is 12.2. The van der Waals surface area contributed by atoms with E-state index in [9.17, 15) is 19.7 Å². The zero-order chi connectivity index (χ0) is 29.1. The van der Waals surface area contributed by atoms with E-state index >= 15 is 0 Å². The molecular weight excluding hydrogens is 666 g/mol. The van der Waals surface area contributed by atoms with Crippen molar-refractivity contribution in [3.8, 4) is 5.75 Å². The number of benzene rings is 4. The zero-order valence-corrected chi connectivity index (χ0v) is 25.0. The molecule has 0 spiro atoms. The largest absolute Gasteiger partial charge is 0.487 e. The van der Waals surface area contributed by atoms with Crippen molar-refractivity contribution in [3.63, 3.8) is 0 Å². The van der Waals surface area contributed by atoms with Gasteiger partial charge in [0.25, 0.3) is 17.5 Å². The number of halogens is 2. The van der Waals surface area contributed by atoms with Crippen LogP contribution in [0, 0.1) is 22.0 Å². The number of nitro groups is 1. The molecule has 4 aromatic carbocycles. The molecule has 4 aliphatic rings. The molecule has 1 fully saturated rings. The van der Waals surface area contributed by atoms with Crippen LogP contribution in [0.3, 0.4) is 0 Å². The Labute approximate surface area is 257 Å². The van der Waals surface area contributed by atoms with Crippen molar-refractivity contribution in [2.75, 3.05) is 0 Å². The summed E-state index contributed by atoms with van der Waals surface area (Å²) in [7, 11) is 0. The summed E-state index contributed by atoms with van der Waals surface area (Å²) in [6.07, 6.45) is 1.50. The third-order valence-corrected chi connectivity index (χ3v) is 9.48. The molecule has 2 bridgehead atoms. The van der Waals surface area contributed by atoms with E-state index in [2.05, 4.69) is 61.2 Å². The van der Waals surface area contributed by atoms with E-state index in [1.807, 2.05) is 24.3 Å². The molecule has 8 rings (SSSR count). The second kappa shape index (κ2) is 10.3. The molecule has 4 aromatic rings. The Bertz CT molecular complexity index is 1680. The molecule has 0 radical (unpaired) electrons. The molecule has 1 heterocycles. The first-order valence-electron chi connectivity index (χ1n) is 13.3. The Balaban J connectivity index is 1.13. The quantitative estimate of drug-likeness (QED) is 0.0948. The highest BCUT2D eigenvalue weighted by molar-refractivity contribution is 9.11. The summed E-state index contributed by atoms with van der Waals surface area (Å²) in [5, 5.41) is 16.3. The van der Waals surface area contributed by atoms with Crippen molar-refractivity contribution in [1.29, 1.82) is 0 Å². The molecule has 2 amide bonds. The van der Waals surface area contributed by atoms with Gasteiger partial charge in [-0.2, -0.15) is 10.1 Å². The first-order chi connectivity index (χ1) is 20.3. The number of imide groups is 1. The number of carbonyl (C=O) groups is 2. The van der Waals surface area contributed by atoms with Gasteiger partial charge in [-0.3, -0.25) is 19.7 Å². The number of hydrogen-bond donors (Lipinski definition) is 0. The predicted octanol–water partition coefficient (Wildman–Crippen LogP) is 6.92. The third kappa shape index (κ3) is 4.20. The molecule has 1 saturated heterocycles. The van der Waals surface area contributed by atoms with Gasteiger partial charge in [0.05, 0.1) is 31.9 Å². The van der Waals surface area contributed by atoms with Crippen molar-refractivity contribution < 1.29 is 19.2 Å². The van der Waals surface area contributed by atoms with Crippen LogP contribution in [0.15, 0.2) is 99.0 Å². The Morgan fingerprint density at radius 1 is 0.810 bits per heavy atom. The maximum atomic E-state index is 13.8. The van der Waals surface area contributed by atoms with Crippen LogP contribution in [0.1, 0.15) is 45.2 Å². The molecule has 0 aromatic heterocycles. The van der Waals surface area contributed by atoms with Crippen molar-refractivity contribution in [2.45, 2.75) is 18.4 Å². The molecule has 0 saturated carbocycles. The smallest absolute Gasteiger partial charge is 0.269 e. The predicted molar refractivity (Wildman–Crippen MR) is 162 cm³/mol. The van der Waals surface area contributed by atoms with Crippen LogP contribution in [0.4, 0.5) is 5.69 Å². The van der Waals surface area contributed by atoms with Gasteiger partial charge in [0.15, 0.2) is 0 Å². The number of non-ortho nitro benzene ring substituents is 1. The van der Waals surface area contributed by atoms with Gasteiger partial charge in [-0.1, -0.05) is 48.5 Å². The summed E-state index contributed by atoms with van der Waals surface area (Å²) in [5.41, 5.74) is 5.91. The number of ether oxygens (including phenoxy) is 1. The summed E-state index contributed by atoms with van der Waals surface area (Å²) in [6, 6.07) is 26.0. The van der Waals surface area contributed by atoms with E-state index in [-0.39, 0.29) is 35.9 Å². The van der Waals surface area contributed by atoms with Crippen LogP contribution < -0.4 is 4.74 Å². The van der Waals surface area contributed by atoms with Crippen LogP contribution >= 0.6 is 31.9 Å². The first kappa shape index (κ1) is 26.7. The van der Waals surface area contributed by atoms with Gasteiger partial charge >= 0.3 is 0 Å². The minimum Gasteiger partial charge on any atom is -0.487 e. The minimum atomic E-state index is -0.488. The van der Waals surface area contributed by atoms with Gasteiger partial charge in [0.1, 0.15) is 12.4 Å². The number of nitrogens with zero attached hydrogens (tertiary/aromatic N) is 3. The molecule has 3 aliphatic carbocycles. The number of hydrogen-bond acceptors (Lipinski definition) is 6. The lowest BCUT2D eigenvalue weighted by atomic mass is 9.55. The average Bonchev–Trinajstić information content (AvgIpc) is 3.25. The lowest BCUT2D eigenvalue weighted by Crippen LogP contribution is -2.41. The van der Waals surface area contributed by atoms with Gasteiger partial charge in [0, 0.05) is 24.0 Å². The van der Waals surface area contributed by atoms with Crippen LogP contribution in [-0.4, -0.2) is 28.0 Å². The fourth-order valence-corrected chi connectivity index (χ4v) is 8.01. The minimum absolute atomic E-state index is 0.0145. The van der Waals surface area contributed by atoms with E-state index in [4.69, 9.17) is 4.74 Å². The molecule has 10 heteroatoms. The van der Waals surface area contributed by atoms with Crippen LogP contribution in [0.5, 0.6) is 5.75 Å². The topological polar surface area (TPSA) is 102 Å². The van der Waals surface area contributed by atoms with Gasteiger partial charge in [-0.15, -0.1) is 0 Å². The fourth-order valence-electron chi connectivity index (χ4n) is 6.56. The lowest BCUT2D eigenvalue weighted by Gasteiger charge is -2.45. The van der Waals surface area contributed by atoms with Gasteiger partial charge in [-0.25, -0.2) is 0 Å². The maximum absolute atomic E-state index is 13.8. The number of nitro benzene ring substituents is 1. The second-order valence-electron chi connectivity index (χ2n) is 10.5. The third-order valence-electron chi connectivity index (χ3n) is 8.30.